The van der Waals surface area contributed by atoms with Gasteiger partial charge in [0.15, 0.2) is 5.65 Å². The molecular formula is C14H15N3O2S. The third-order valence-corrected chi connectivity index (χ3v) is 5.84. The smallest absolute Gasteiger partial charge is 0.249 e. The maximum Gasteiger partial charge on any atom is 0.249 e. The second kappa shape index (κ2) is 4.21. The van der Waals surface area contributed by atoms with Gasteiger partial charge < -0.3 is 5.73 Å². The molecule has 2 heterocycles. The molecule has 0 saturated carbocycles. The highest BCUT2D eigenvalue weighted by Crippen LogP contribution is 2.31. The summed E-state index contributed by atoms with van der Waals surface area (Å²) in [4.78, 5) is 4.17. The lowest BCUT2D eigenvalue weighted by molar-refractivity contribution is 0.553. The fraction of sp³-hybridized carbons (Fsp3) is 0.214. The van der Waals surface area contributed by atoms with E-state index in [1.807, 2.05) is 6.07 Å². The lowest BCUT2D eigenvalue weighted by atomic mass is 10.0. The minimum absolute atomic E-state index is 0.391. The van der Waals surface area contributed by atoms with Crippen molar-refractivity contribution in [3.63, 3.8) is 0 Å². The van der Waals surface area contributed by atoms with Crippen LogP contribution in [0.25, 0.3) is 11.0 Å². The summed E-state index contributed by atoms with van der Waals surface area (Å²) in [6.07, 6.45) is 8.62. The zero-order valence-corrected chi connectivity index (χ0v) is 11.8. The number of allylic oxidation sites excluding steroid dienone is 2. The van der Waals surface area contributed by atoms with E-state index in [9.17, 15) is 8.42 Å². The van der Waals surface area contributed by atoms with Gasteiger partial charge in [-0.2, -0.15) is 0 Å². The van der Waals surface area contributed by atoms with Crippen LogP contribution < -0.4 is 5.73 Å². The number of pyridine rings is 1. The zero-order valence-electron chi connectivity index (χ0n) is 11.0. The van der Waals surface area contributed by atoms with Crippen LogP contribution in [0.1, 0.15) is 13.3 Å². The standard InChI is InChI=1S/C14H15N3O2S/c1-14(7-2-5-12(15)10-14)20(18,19)17-9-6-11-4-3-8-16-13(11)17/h2-6,8-10H,7,15H2,1H3. The first kappa shape index (κ1) is 12.9. The van der Waals surface area contributed by atoms with Gasteiger partial charge in [0.05, 0.1) is 0 Å². The summed E-state index contributed by atoms with van der Waals surface area (Å²) in [6, 6.07) is 5.36. The topological polar surface area (TPSA) is 78.0 Å². The monoisotopic (exact) mass is 289 g/mol. The Morgan fingerprint density at radius 2 is 2.20 bits per heavy atom. The van der Waals surface area contributed by atoms with Crippen molar-refractivity contribution in [3.05, 3.63) is 54.5 Å². The number of fused-ring (bicyclic) bond motifs is 1. The number of rotatable bonds is 2. The van der Waals surface area contributed by atoms with E-state index in [1.54, 1.807) is 49.7 Å². The number of aromatic nitrogens is 2. The van der Waals surface area contributed by atoms with Crippen molar-refractivity contribution in [2.45, 2.75) is 18.1 Å². The van der Waals surface area contributed by atoms with Gasteiger partial charge >= 0.3 is 0 Å². The van der Waals surface area contributed by atoms with Crippen LogP contribution in [-0.2, 0) is 10.0 Å². The Hall–Kier alpha value is -2.08. The molecule has 3 rings (SSSR count). The summed E-state index contributed by atoms with van der Waals surface area (Å²) >= 11 is 0. The molecule has 0 fully saturated rings. The number of hydrogen-bond acceptors (Lipinski definition) is 4. The van der Waals surface area contributed by atoms with Crippen LogP contribution in [0, 0.1) is 0 Å². The van der Waals surface area contributed by atoms with Crippen LogP contribution in [-0.4, -0.2) is 22.1 Å². The Morgan fingerprint density at radius 1 is 1.40 bits per heavy atom. The van der Waals surface area contributed by atoms with E-state index in [2.05, 4.69) is 4.98 Å². The van der Waals surface area contributed by atoms with Crippen molar-refractivity contribution in [2.24, 2.45) is 5.73 Å². The first-order chi connectivity index (χ1) is 9.44. The van der Waals surface area contributed by atoms with E-state index in [0.29, 0.717) is 17.8 Å². The largest absolute Gasteiger partial charge is 0.399 e. The summed E-state index contributed by atoms with van der Waals surface area (Å²) in [5.74, 6) is 0. The Labute approximate surface area is 117 Å². The van der Waals surface area contributed by atoms with Crippen LogP contribution in [0.5, 0.6) is 0 Å². The summed E-state index contributed by atoms with van der Waals surface area (Å²) in [7, 11) is -3.63. The predicted molar refractivity (Wildman–Crippen MR) is 78.5 cm³/mol. The van der Waals surface area contributed by atoms with Gasteiger partial charge in [0.25, 0.3) is 0 Å². The molecule has 5 nitrogen and oxygen atoms in total. The molecule has 1 unspecified atom stereocenters. The minimum Gasteiger partial charge on any atom is -0.399 e. The molecule has 0 radical (unpaired) electrons. The Bertz CT molecular complexity index is 833. The lowest BCUT2D eigenvalue weighted by Gasteiger charge is -2.28. The molecular weight excluding hydrogens is 274 g/mol. The van der Waals surface area contributed by atoms with Gasteiger partial charge in [0.2, 0.25) is 10.0 Å². The van der Waals surface area contributed by atoms with Crippen molar-refractivity contribution in [1.29, 1.82) is 0 Å². The molecule has 0 aliphatic heterocycles. The fourth-order valence-electron chi connectivity index (χ4n) is 2.43. The van der Waals surface area contributed by atoms with Gasteiger partial charge in [0.1, 0.15) is 4.75 Å². The summed E-state index contributed by atoms with van der Waals surface area (Å²) in [5, 5.41) is 0.794. The maximum absolute atomic E-state index is 12.9. The van der Waals surface area contributed by atoms with Crippen LogP contribution in [0.2, 0.25) is 0 Å². The molecule has 0 spiro atoms. The molecule has 2 aromatic heterocycles. The van der Waals surface area contributed by atoms with Crippen LogP contribution in [0.4, 0.5) is 0 Å². The van der Waals surface area contributed by atoms with Crippen LogP contribution in [0.3, 0.4) is 0 Å². The maximum atomic E-state index is 12.9. The molecule has 0 bridgehead atoms. The molecule has 2 N–H and O–H groups in total. The molecule has 1 aliphatic rings. The highest BCUT2D eigenvalue weighted by Gasteiger charge is 2.39. The summed E-state index contributed by atoms with van der Waals surface area (Å²) < 4.78 is 26.0. The third-order valence-electron chi connectivity index (χ3n) is 3.57. The number of nitrogens with two attached hydrogens (primary N) is 1. The van der Waals surface area contributed by atoms with Crippen LogP contribution in [0.15, 0.2) is 54.5 Å². The number of hydrogen-bond donors (Lipinski definition) is 1. The van der Waals surface area contributed by atoms with E-state index < -0.39 is 14.8 Å². The Kier molecular flexibility index (Phi) is 2.72. The van der Waals surface area contributed by atoms with Crippen molar-refractivity contribution in [3.8, 4) is 0 Å². The van der Waals surface area contributed by atoms with Gasteiger partial charge in [-0.15, -0.1) is 0 Å². The number of nitrogens with zero attached hydrogens (tertiary/aromatic N) is 2. The third kappa shape index (κ3) is 1.76. The van der Waals surface area contributed by atoms with Crippen molar-refractivity contribution >= 4 is 21.1 Å². The molecule has 1 atom stereocenters. The van der Waals surface area contributed by atoms with Gasteiger partial charge in [-0.3, -0.25) is 0 Å². The quantitative estimate of drug-likeness (QED) is 0.914. The highest BCUT2D eigenvalue weighted by atomic mass is 32.2. The van der Waals surface area contributed by atoms with Crippen LogP contribution >= 0.6 is 0 Å². The second-order valence-electron chi connectivity index (χ2n) is 5.10. The molecule has 6 heteroatoms. The first-order valence-electron chi connectivity index (χ1n) is 6.26. The van der Waals surface area contributed by atoms with E-state index in [4.69, 9.17) is 5.73 Å². The zero-order chi connectivity index (χ0) is 14.4. The summed E-state index contributed by atoms with van der Waals surface area (Å²) in [5.41, 5.74) is 6.66. The molecule has 0 saturated heterocycles. The Morgan fingerprint density at radius 3 is 2.95 bits per heavy atom. The Balaban J connectivity index is 2.20. The van der Waals surface area contributed by atoms with Crippen molar-refractivity contribution < 1.29 is 8.42 Å². The lowest BCUT2D eigenvalue weighted by Crippen LogP contribution is -2.39. The van der Waals surface area contributed by atoms with Crippen molar-refractivity contribution in [1.82, 2.24) is 8.96 Å². The predicted octanol–water partition coefficient (Wildman–Crippen LogP) is 1.78. The molecule has 104 valence electrons. The van der Waals surface area contributed by atoms with Crippen molar-refractivity contribution in [2.75, 3.05) is 0 Å². The van der Waals surface area contributed by atoms with E-state index in [-0.39, 0.29) is 0 Å². The fourth-order valence-corrected chi connectivity index (χ4v) is 4.07. The van der Waals surface area contributed by atoms with Gasteiger partial charge in [-0.1, -0.05) is 6.08 Å². The molecule has 0 amide bonds. The SMILES string of the molecule is CC1(S(=O)(=O)n2ccc3cccnc32)C=C(N)C=CC1. The average Bonchev–Trinajstić information content (AvgIpc) is 2.82. The second-order valence-corrected chi connectivity index (χ2v) is 7.37. The van der Waals surface area contributed by atoms with E-state index in [0.717, 1.165) is 5.39 Å². The summed E-state index contributed by atoms with van der Waals surface area (Å²) in [6.45, 7) is 1.67. The normalized spacial score (nSPS) is 22.9. The first-order valence-corrected chi connectivity index (χ1v) is 7.70. The van der Waals surface area contributed by atoms with E-state index in [1.165, 1.54) is 3.97 Å². The molecule has 1 aliphatic carbocycles. The average molecular weight is 289 g/mol. The van der Waals surface area contributed by atoms with E-state index >= 15 is 0 Å². The minimum atomic E-state index is -3.63. The van der Waals surface area contributed by atoms with Gasteiger partial charge in [0, 0.05) is 23.5 Å². The highest BCUT2D eigenvalue weighted by molar-refractivity contribution is 7.91. The van der Waals surface area contributed by atoms with Gasteiger partial charge in [-0.25, -0.2) is 17.4 Å². The molecule has 20 heavy (non-hydrogen) atoms. The molecule has 0 aromatic carbocycles. The molecule has 2 aromatic rings. The van der Waals surface area contributed by atoms with Gasteiger partial charge in [-0.05, 0) is 43.7 Å².